The molecule has 1 aromatic carbocycles. The van der Waals surface area contributed by atoms with Crippen LogP contribution in [-0.2, 0) is 4.79 Å². The number of rotatable bonds is 3. The van der Waals surface area contributed by atoms with Gasteiger partial charge in [0.15, 0.2) is 0 Å². The van der Waals surface area contributed by atoms with Gasteiger partial charge in [0, 0.05) is 44.3 Å². The van der Waals surface area contributed by atoms with Gasteiger partial charge in [-0.15, -0.1) is 0 Å². The molecule has 0 spiro atoms. The Balaban J connectivity index is 1.54. The Morgan fingerprint density at radius 3 is 2.65 bits per heavy atom. The Bertz CT molecular complexity index is 646. The minimum absolute atomic E-state index is 0.103. The molecule has 2 amide bonds. The van der Waals surface area contributed by atoms with Gasteiger partial charge in [-0.3, -0.25) is 14.5 Å². The van der Waals surface area contributed by atoms with Crippen molar-refractivity contribution in [1.82, 2.24) is 14.7 Å². The van der Waals surface area contributed by atoms with Crippen molar-refractivity contribution >= 4 is 11.8 Å². The molecule has 0 N–H and O–H groups in total. The van der Waals surface area contributed by atoms with Crippen molar-refractivity contribution in [1.29, 1.82) is 0 Å². The standard InChI is InChI=1S/C21H31N3O2/c1-17-7-5-9-19(15-17)21(26)23-11-6-10-22(13-14-23)16-20(25)24-12-4-3-8-18(24)2/h5,7,9,15,18H,3-4,6,8,10-14,16H2,1-2H3. The van der Waals surface area contributed by atoms with Crippen LogP contribution in [-0.4, -0.2) is 71.8 Å². The van der Waals surface area contributed by atoms with Crippen molar-refractivity contribution in [2.24, 2.45) is 0 Å². The molecule has 1 unspecified atom stereocenters. The van der Waals surface area contributed by atoms with Crippen LogP contribution in [0, 0.1) is 6.92 Å². The monoisotopic (exact) mass is 357 g/mol. The summed E-state index contributed by atoms with van der Waals surface area (Å²) < 4.78 is 0. The van der Waals surface area contributed by atoms with E-state index in [9.17, 15) is 9.59 Å². The van der Waals surface area contributed by atoms with Crippen LogP contribution in [0.15, 0.2) is 24.3 Å². The van der Waals surface area contributed by atoms with Crippen LogP contribution in [0.3, 0.4) is 0 Å². The summed E-state index contributed by atoms with van der Waals surface area (Å²) in [4.78, 5) is 31.6. The molecular weight excluding hydrogens is 326 g/mol. The molecule has 26 heavy (non-hydrogen) atoms. The maximum atomic E-state index is 12.8. The number of nitrogens with zero attached hydrogens (tertiary/aromatic N) is 3. The van der Waals surface area contributed by atoms with Gasteiger partial charge < -0.3 is 9.80 Å². The molecule has 0 radical (unpaired) electrons. The molecule has 0 bridgehead atoms. The minimum atomic E-state index is 0.103. The molecule has 142 valence electrons. The number of piperidine rings is 1. The first-order chi connectivity index (χ1) is 12.5. The zero-order chi connectivity index (χ0) is 18.5. The maximum Gasteiger partial charge on any atom is 0.253 e. The molecule has 5 nitrogen and oxygen atoms in total. The fourth-order valence-electron chi connectivity index (χ4n) is 4.04. The third kappa shape index (κ3) is 4.64. The van der Waals surface area contributed by atoms with E-state index >= 15 is 0 Å². The highest BCUT2D eigenvalue weighted by molar-refractivity contribution is 5.94. The normalized spacial score (nSPS) is 22.2. The molecule has 5 heteroatoms. The third-order valence-corrected chi connectivity index (χ3v) is 5.62. The number of amides is 2. The van der Waals surface area contributed by atoms with E-state index < -0.39 is 0 Å². The van der Waals surface area contributed by atoms with Gasteiger partial charge in [-0.25, -0.2) is 0 Å². The summed E-state index contributed by atoms with van der Waals surface area (Å²) in [5.41, 5.74) is 1.87. The van der Waals surface area contributed by atoms with Crippen molar-refractivity contribution in [3.63, 3.8) is 0 Å². The summed E-state index contributed by atoms with van der Waals surface area (Å²) in [7, 11) is 0. The number of carbonyl (C=O) groups excluding carboxylic acids is 2. The van der Waals surface area contributed by atoms with E-state index in [2.05, 4.69) is 11.8 Å². The van der Waals surface area contributed by atoms with Crippen LogP contribution < -0.4 is 0 Å². The van der Waals surface area contributed by atoms with E-state index in [0.717, 1.165) is 56.6 Å². The van der Waals surface area contributed by atoms with Crippen molar-refractivity contribution in [3.8, 4) is 0 Å². The van der Waals surface area contributed by atoms with E-state index in [4.69, 9.17) is 0 Å². The van der Waals surface area contributed by atoms with Gasteiger partial charge in [0.2, 0.25) is 5.91 Å². The number of carbonyl (C=O) groups is 2. The zero-order valence-electron chi connectivity index (χ0n) is 16.1. The third-order valence-electron chi connectivity index (χ3n) is 5.62. The second-order valence-corrected chi connectivity index (χ2v) is 7.72. The fourth-order valence-corrected chi connectivity index (χ4v) is 4.04. The minimum Gasteiger partial charge on any atom is -0.339 e. The molecule has 0 saturated carbocycles. The SMILES string of the molecule is Cc1cccc(C(=O)N2CCCN(CC(=O)N3CCCCC3C)CC2)c1. The molecule has 1 aromatic rings. The Hall–Kier alpha value is -1.88. The van der Waals surface area contributed by atoms with Crippen LogP contribution in [0.5, 0.6) is 0 Å². The Morgan fingerprint density at radius 1 is 1.04 bits per heavy atom. The molecule has 0 aliphatic carbocycles. The molecular formula is C21H31N3O2. The Labute approximate surface area is 156 Å². The smallest absolute Gasteiger partial charge is 0.253 e. The molecule has 2 aliphatic heterocycles. The molecule has 2 heterocycles. The average molecular weight is 357 g/mol. The second-order valence-electron chi connectivity index (χ2n) is 7.72. The van der Waals surface area contributed by atoms with E-state index in [1.54, 1.807) is 0 Å². The topological polar surface area (TPSA) is 43.9 Å². The quantitative estimate of drug-likeness (QED) is 0.835. The van der Waals surface area contributed by atoms with Gasteiger partial charge in [-0.2, -0.15) is 0 Å². The van der Waals surface area contributed by atoms with E-state index in [-0.39, 0.29) is 11.8 Å². The first-order valence-electron chi connectivity index (χ1n) is 9.92. The van der Waals surface area contributed by atoms with Crippen molar-refractivity contribution in [2.75, 3.05) is 39.3 Å². The van der Waals surface area contributed by atoms with Crippen LogP contribution >= 0.6 is 0 Å². The summed E-state index contributed by atoms with van der Waals surface area (Å²) in [6.45, 7) is 8.64. The first kappa shape index (κ1) is 18.9. The highest BCUT2D eigenvalue weighted by Gasteiger charge is 2.26. The van der Waals surface area contributed by atoms with Gasteiger partial charge >= 0.3 is 0 Å². The lowest BCUT2D eigenvalue weighted by Gasteiger charge is -2.35. The molecule has 2 aliphatic rings. The van der Waals surface area contributed by atoms with Crippen molar-refractivity contribution < 1.29 is 9.59 Å². The van der Waals surface area contributed by atoms with Crippen LogP contribution in [0.2, 0.25) is 0 Å². The van der Waals surface area contributed by atoms with Crippen LogP contribution in [0.1, 0.15) is 48.5 Å². The van der Waals surface area contributed by atoms with Gasteiger partial charge in [-0.1, -0.05) is 17.7 Å². The second kappa shape index (κ2) is 8.67. The predicted molar refractivity (Wildman–Crippen MR) is 103 cm³/mol. The average Bonchev–Trinajstić information content (AvgIpc) is 2.87. The lowest BCUT2D eigenvalue weighted by Crippen LogP contribution is -2.47. The largest absolute Gasteiger partial charge is 0.339 e. The van der Waals surface area contributed by atoms with E-state index in [1.807, 2.05) is 41.0 Å². The van der Waals surface area contributed by atoms with Gasteiger partial charge in [0.25, 0.3) is 5.91 Å². The molecule has 3 rings (SSSR count). The number of benzene rings is 1. The zero-order valence-corrected chi connectivity index (χ0v) is 16.1. The number of likely N-dealkylation sites (tertiary alicyclic amines) is 1. The Kier molecular flexibility index (Phi) is 6.30. The lowest BCUT2D eigenvalue weighted by atomic mass is 10.0. The predicted octanol–water partition coefficient (Wildman–Crippen LogP) is 2.54. The lowest BCUT2D eigenvalue weighted by molar-refractivity contribution is -0.135. The highest BCUT2D eigenvalue weighted by Crippen LogP contribution is 2.17. The summed E-state index contributed by atoms with van der Waals surface area (Å²) in [5, 5.41) is 0. The van der Waals surface area contributed by atoms with Crippen molar-refractivity contribution in [2.45, 2.75) is 45.6 Å². The number of hydrogen-bond donors (Lipinski definition) is 0. The van der Waals surface area contributed by atoms with Crippen LogP contribution in [0.4, 0.5) is 0 Å². The summed E-state index contributed by atoms with van der Waals surface area (Å²) >= 11 is 0. The molecule has 2 saturated heterocycles. The summed E-state index contributed by atoms with van der Waals surface area (Å²) in [6.07, 6.45) is 4.38. The van der Waals surface area contributed by atoms with E-state index in [0.29, 0.717) is 19.1 Å². The van der Waals surface area contributed by atoms with Gasteiger partial charge in [-0.05, 0) is 51.7 Å². The van der Waals surface area contributed by atoms with Crippen molar-refractivity contribution in [3.05, 3.63) is 35.4 Å². The fraction of sp³-hybridized carbons (Fsp3) is 0.619. The summed E-state index contributed by atoms with van der Waals surface area (Å²) in [5.74, 6) is 0.349. The first-order valence-corrected chi connectivity index (χ1v) is 9.92. The molecule has 0 aromatic heterocycles. The van der Waals surface area contributed by atoms with Gasteiger partial charge in [0.1, 0.15) is 0 Å². The Morgan fingerprint density at radius 2 is 1.88 bits per heavy atom. The molecule has 1 atom stereocenters. The van der Waals surface area contributed by atoms with E-state index in [1.165, 1.54) is 6.42 Å². The molecule has 2 fully saturated rings. The van der Waals surface area contributed by atoms with Gasteiger partial charge in [0.05, 0.1) is 6.54 Å². The highest BCUT2D eigenvalue weighted by atomic mass is 16.2. The number of aryl methyl sites for hydroxylation is 1. The summed E-state index contributed by atoms with van der Waals surface area (Å²) in [6, 6.07) is 8.15. The maximum absolute atomic E-state index is 12.8. The number of hydrogen-bond acceptors (Lipinski definition) is 3. The van der Waals surface area contributed by atoms with Crippen LogP contribution in [0.25, 0.3) is 0 Å².